The topological polar surface area (TPSA) is 40.5 Å². The molecular weight excluding hydrogens is 319 g/mol. The summed E-state index contributed by atoms with van der Waals surface area (Å²) in [6.45, 7) is 7.53. The molecule has 2 N–H and O–H groups in total. The van der Waals surface area contributed by atoms with Crippen molar-refractivity contribution >= 4 is 27.5 Å². The van der Waals surface area contributed by atoms with Crippen LogP contribution in [0.1, 0.15) is 6.42 Å². The molecule has 4 heteroatoms. The van der Waals surface area contributed by atoms with Gasteiger partial charge in [0.2, 0.25) is 0 Å². The first-order valence-corrected chi connectivity index (χ1v) is 12.3. The van der Waals surface area contributed by atoms with Crippen LogP contribution in [0.5, 0.6) is 0 Å². The molecule has 0 radical (unpaired) electrons. The zero-order valence-electron chi connectivity index (χ0n) is 12.0. The van der Waals surface area contributed by atoms with Crippen LogP contribution < -0.4 is 4.46 Å². The second-order valence-corrected chi connectivity index (χ2v) is 15.5. The quantitative estimate of drug-likeness (QED) is 0.772. The number of aliphatic hydroxyl groups excluding tert-OH is 2. The Morgan fingerprint density at radius 2 is 1.79 bits per heavy atom. The normalized spacial score (nSPS) is 23.1. The van der Waals surface area contributed by atoms with E-state index in [0.29, 0.717) is 25.3 Å². The Labute approximate surface area is 123 Å². The molecule has 2 atom stereocenters. The Kier molecular flexibility index (Phi) is 4.58. The first kappa shape index (κ1) is 15.3. The van der Waals surface area contributed by atoms with E-state index in [2.05, 4.69) is 50.0 Å². The molecule has 0 aromatic heterocycles. The molecule has 0 bridgehead atoms. The van der Waals surface area contributed by atoms with Gasteiger partial charge in [-0.25, -0.2) is 0 Å². The van der Waals surface area contributed by atoms with E-state index >= 15 is 0 Å². The number of hydrogen-bond acceptors (Lipinski definition) is 2. The third-order valence-electron chi connectivity index (χ3n) is 4.11. The van der Waals surface area contributed by atoms with E-state index in [4.69, 9.17) is 0 Å². The van der Waals surface area contributed by atoms with Gasteiger partial charge in [0, 0.05) is 0 Å². The zero-order chi connectivity index (χ0) is 14.1. The Morgan fingerprint density at radius 1 is 1.21 bits per heavy atom. The van der Waals surface area contributed by atoms with Gasteiger partial charge in [0.1, 0.15) is 0 Å². The van der Waals surface area contributed by atoms with Crippen LogP contribution in [-0.4, -0.2) is 46.5 Å². The van der Waals surface area contributed by atoms with E-state index in [-0.39, 0.29) is 18.6 Å². The van der Waals surface area contributed by atoms with Gasteiger partial charge in [-0.1, -0.05) is 0 Å². The van der Waals surface area contributed by atoms with Crippen molar-refractivity contribution in [1.29, 1.82) is 0 Å². The number of aliphatic hydroxyl groups is 2. The van der Waals surface area contributed by atoms with Crippen molar-refractivity contribution in [1.82, 2.24) is 0 Å². The van der Waals surface area contributed by atoms with Crippen molar-refractivity contribution in [2.75, 3.05) is 13.2 Å². The summed E-state index contributed by atoms with van der Waals surface area (Å²) in [5.41, 5.74) is -0.179. The summed E-state index contributed by atoms with van der Waals surface area (Å²) in [6, 6.07) is 10.7. The van der Waals surface area contributed by atoms with E-state index in [1.165, 1.54) is 4.46 Å². The van der Waals surface area contributed by atoms with Crippen molar-refractivity contribution in [3.63, 3.8) is 0 Å². The van der Waals surface area contributed by atoms with Gasteiger partial charge >= 0.3 is 123 Å². The third kappa shape index (κ3) is 3.31. The first-order valence-electron chi connectivity index (χ1n) is 6.86. The molecule has 106 valence electrons. The fourth-order valence-electron chi connectivity index (χ4n) is 2.73. The van der Waals surface area contributed by atoms with Gasteiger partial charge in [0.15, 0.2) is 0 Å². The molecule has 1 aromatic carbocycles. The van der Waals surface area contributed by atoms with Crippen molar-refractivity contribution < 1.29 is 10.2 Å². The van der Waals surface area contributed by atoms with Crippen molar-refractivity contribution in [3.8, 4) is 0 Å². The molecule has 0 heterocycles. The van der Waals surface area contributed by atoms with Crippen molar-refractivity contribution in [2.45, 2.75) is 30.5 Å². The molecule has 2 rings (SSSR count). The minimum atomic E-state index is -1.29. The van der Waals surface area contributed by atoms with Crippen LogP contribution in [0.15, 0.2) is 30.3 Å². The van der Waals surface area contributed by atoms with E-state index in [0.717, 1.165) is 6.42 Å². The molecule has 0 saturated heterocycles. The first-order chi connectivity index (χ1) is 8.93. The maximum absolute atomic E-state index is 9.57. The second-order valence-electron chi connectivity index (χ2n) is 6.71. The molecule has 0 spiro atoms. The summed E-state index contributed by atoms with van der Waals surface area (Å²) in [4.78, 5) is 0. The van der Waals surface area contributed by atoms with Crippen LogP contribution in [0.4, 0.5) is 0 Å². The van der Waals surface area contributed by atoms with Gasteiger partial charge in [-0.15, -0.1) is 0 Å². The summed E-state index contributed by atoms with van der Waals surface area (Å²) in [7, 11) is -1.29. The van der Waals surface area contributed by atoms with Gasteiger partial charge in [-0.3, -0.25) is 0 Å². The van der Waals surface area contributed by atoms with Crippen molar-refractivity contribution in [3.05, 3.63) is 30.3 Å². The molecule has 1 aromatic rings. The average Bonchev–Trinajstić information content (AvgIpc) is 3.11. The number of rotatable bonds is 6. The van der Waals surface area contributed by atoms with E-state index in [1.807, 2.05) is 0 Å². The zero-order valence-corrected chi connectivity index (χ0v) is 14.7. The Balaban J connectivity index is 2.15. The van der Waals surface area contributed by atoms with Gasteiger partial charge in [0.05, 0.1) is 0 Å². The molecule has 0 unspecified atom stereocenters. The summed E-state index contributed by atoms with van der Waals surface area (Å²) >= 11 is 0.447. The average molecular weight is 343 g/mol. The molecule has 1 aliphatic carbocycles. The Morgan fingerprint density at radius 3 is 2.21 bits per heavy atom. The van der Waals surface area contributed by atoms with Crippen LogP contribution in [0.3, 0.4) is 0 Å². The molecular formula is C15H24O2SeSi. The maximum atomic E-state index is 9.57. The van der Waals surface area contributed by atoms with E-state index in [9.17, 15) is 10.2 Å². The summed E-state index contributed by atoms with van der Waals surface area (Å²) < 4.78 is 2.14. The fourth-order valence-corrected chi connectivity index (χ4v) is 10.1. The molecule has 0 amide bonds. The predicted molar refractivity (Wildman–Crippen MR) is 83.6 cm³/mol. The molecule has 1 fully saturated rings. The molecule has 2 nitrogen and oxygen atoms in total. The Bertz CT molecular complexity index is 412. The molecule has 19 heavy (non-hydrogen) atoms. The van der Waals surface area contributed by atoms with Crippen LogP contribution in [0, 0.1) is 11.3 Å². The van der Waals surface area contributed by atoms with Gasteiger partial charge in [0.25, 0.3) is 0 Å². The van der Waals surface area contributed by atoms with E-state index in [1.54, 1.807) is 0 Å². The molecule has 1 aliphatic rings. The van der Waals surface area contributed by atoms with Crippen LogP contribution >= 0.6 is 0 Å². The van der Waals surface area contributed by atoms with E-state index < -0.39 is 8.07 Å². The summed E-state index contributed by atoms with van der Waals surface area (Å²) in [5, 5.41) is 19.1. The standard InChI is InChI=1S/C15H24O2SeSi/c1-19(2,3)14(13-9-15(13,10-16)11-17)18-12-7-5-4-6-8-12/h4-8,13-14,16-17H,9-11H2,1-3H3/t13-,14+/m1/s1. The summed E-state index contributed by atoms with van der Waals surface area (Å²) in [6.07, 6.45) is 1.00. The monoisotopic (exact) mass is 344 g/mol. The minimum absolute atomic E-state index is 0.139. The molecule has 1 saturated carbocycles. The summed E-state index contributed by atoms with van der Waals surface area (Å²) in [5.74, 6) is 0.523. The number of benzene rings is 1. The predicted octanol–water partition coefficient (Wildman–Crippen LogP) is 1.67. The number of hydrogen-bond donors (Lipinski definition) is 2. The SMILES string of the molecule is C[Si](C)(C)[C@H]([Se]c1ccccc1)[C@H]1CC1(CO)CO. The second kappa shape index (κ2) is 5.70. The Hall–Kier alpha value is -0.124. The van der Waals surface area contributed by atoms with Gasteiger partial charge in [-0.05, 0) is 0 Å². The third-order valence-corrected chi connectivity index (χ3v) is 13.6. The van der Waals surface area contributed by atoms with Crippen LogP contribution in [-0.2, 0) is 0 Å². The fraction of sp³-hybridized carbons (Fsp3) is 0.600. The van der Waals surface area contributed by atoms with Crippen LogP contribution in [0.25, 0.3) is 0 Å². The van der Waals surface area contributed by atoms with Crippen molar-refractivity contribution in [2.24, 2.45) is 11.3 Å². The van der Waals surface area contributed by atoms with Gasteiger partial charge in [-0.2, -0.15) is 0 Å². The molecule has 0 aliphatic heterocycles. The van der Waals surface area contributed by atoms with Gasteiger partial charge < -0.3 is 0 Å². The van der Waals surface area contributed by atoms with Crippen LogP contribution in [0.2, 0.25) is 24.1 Å².